The zero-order valence-electron chi connectivity index (χ0n) is 43.2. The van der Waals surface area contributed by atoms with E-state index in [0.717, 1.165) is 32.1 Å². The molecule has 1 aliphatic heterocycles. The molecular formula is C56H108O10. The number of hydrogen-bond donors (Lipinski definition) is 4. The van der Waals surface area contributed by atoms with Crippen molar-refractivity contribution in [1.82, 2.24) is 0 Å². The molecule has 1 saturated heterocycles. The highest BCUT2D eigenvalue weighted by molar-refractivity contribution is 5.70. The molecule has 10 heteroatoms. The van der Waals surface area contributed by atoms with Crippen LogP contribution in [0.25, 0.3) is 0 Å². The first kappa shape index (κ1) is 62.7. The van der Waals surface area contributed by atoms with Crippen LogP contribution < -0.4 is 0 Å². The smallest absolute Gasteiger partial charge is 0.306 e. The van der Waals surface area contributed by atoms with E-state index in [1.165, 1.54) is 225 Å². The van der Waals surface area contributed by atoms with E-state index in [4.69, 9.17) is 18.9 Å². The first-order chi connectivity index (χ1) is 32.3. The molecule has 0 saturated carbocycles. The monoisotopic (exact) mass is 941 g/mol. The van der Waals surface area contributed by atoms with Crippen molar-refractivity contribution in [2.45, 2.75) is 327 Å². The van der Waals surface area contributed by atoms with Crippen molar-refractivity contribution in [3.63, 3.8) is 0 Å². The van der Waals surface area contributed by atoms with Crippen molar-refractivity contribution in [2.75, 3.05) is 19.8 Å². The minimum absolute atomic E-state index is 0.208. The normalized spacial score (nSPS) is 19.0. The van der Waals surface area contributed by atoms with Crippen molar-refractivity contribution in [1.29, 1.82) is 0 Å². The van der Waals surface area contributed by atoms with Crippen molar-refractivity contribution in [3.8, 4) is 0 Å². The van der Waals surface area contributed by atoms with Crippen LogP contribution >= 0.6 is 0 Å². The summed E-state index contributed by atoms with van der Waals surface area (Å²) in [7, 11) is 0. The fourth-order valence-corrected chi connectivity index (χ4v) is 9.25. The molecule has 0 aromatic heterocycles. The van der Waals surface area contributed by atoms with Crippen LogP contribution in [-0.4, -0.2) is 89.0 Å². The highest BCUT2D eigenvalue weighted by atomic mass is 16.7. The van der Waals surface area contributed by atoms with Gasteiger partial charge in [-0.2, -0.15) is 0 Å². The quantitative estimate of drug-likeness (QED) is 0.0343. The minimum Gasteiger partial charge on any atom is -0.462 e. The lowest BCUT2D eigenvalue weighted by Gasteiger charge is -2.39. The summed E-state index contributed by atoms with van der Waals surface area (Å²) in [4.78, 5) is 25.5. The van der Waals surface area contributed by atoms with E-state index in [1.807, 2.05) is 0 Å². The van der Waals surface area contributed by atoms with Gasteiger partial charge >= 0.3 is 11.9 Å². The van der Waals surface area contributed by atoms with Crippen molar-refractivity contribution >= 4 is 11.9 Å². The highest BCUT2D eigenvalue weighted by Crippen LogP contribution is 2.23. The number of carbonyl (C=O) groups excluding carboxylic acids is 2. The molecule has 0 aromatic rings. The molecule has 6 atom stereocenters. The van der Waals surface area contributed by atoms with Gasteiger partial charge in [-0.25, -0.2) is 0 Å². The average Bonchev–Trinajstić information content (AvgIpc) is 3.32. The Bertz CT molecular complexity index is 1040. The number of esters is 2. The van der Waals surface area contributed by atoms with E-state index < -0.39 is 49.4 Å². The molecule has 1 heterocycles. The second kappa shape index (κ2) is 47.4. The molecule has 4 N–H and O–H groups in total. The highest BCUT2D eigenvalue weighted by Gasteiger charge is 2.44. The first-order valence-corrected chi connectivity index (χ1v) is 28.6. The maximum Gasteiger partial charge on any atom is 0.306 e. The van der Waals surface area contributed by atoms with Gasteiger partial charge in [0.25, 0.3) is 0 Å². The number of unbranched alkanes of at least 4 members (excludes halogenated alkanes) is 39. The summed E-state index contributed by atoms with van der Waals surface area (Å²) in [5.41, 5.74) is 0. The Hall–Kier alpha value is -1.30. The second-order valence-corrected chi connectivity index (χ2v) is 20.1. The Kier molecular flexibility index (Phi) is 45.0. The summed E-state index contributed by atoms with van der Waals surface area (Å²) in [5.74, 6) is -0.782. The Morgan fingerprint density at radius 2 is 0.712 bits per heavy atom. The number of carbonyl (C=O) groups is 2. The largest absolute Gasteiger partial charge is 0.462 e. The maximum atomic E-state index is 12.9. The van der Waals surface area contributed by atoms with Crippen molar-refractivity contribution in [2.24, 2.45) is 0 Å². The average molecular weight is 941 g/mol. The van der Waals surface area contributed by atoms with E-state index in [2.05, 4.69) is 13.8 Å². The number of aliphatic hydroxyl groups excluding tert-OH is 4. The minimum atomic E-state index is -1.59. The Morgan fingerprint density at radius 3 is 1.03 bits per heavy atom. The SMILES string of the molecule is CCCCCCCCCCCCCCCCCCCCCCCCC(=O)OC[C@@H](CO[C@H]1O[C@@H](CO)[C@@H](O)C(O)C1O)OC(=O)CCCCCCCCCCCCCCCCCCCCC. The Morgan fingerprint density at radius 1 is 0.409 bits per heavy atom. The van der Waals surface area contributed by atoms with Crippen LogP contribution in [0, 0.1) is 0 Å². The fourth-order valence-electron chi connectivity index (χ4n) is 9.25. The zero-order chi connectivity index (χ0) is 48.0. The molecule has 0 bridgehead atoms. The van der Waals surface area contributed by atoms with Gasteiger partial charge in [0.1, 0.15) is 31.0 Å². The van der Waals surface area contributed by atoms with Crippen LogP contribution in [-0.2, 0) is 28.5 Å². The van der Waals surface area contributed by atoms with Crippen LogP contribution in [0.1, 0.15) is 290 Å². The third-order valence-electron chi connectivity index (χ3n) is 13.7. The van der Waals surface area contributed by atoms with Gasteiger partial charge in [-0.15, -0.1) is 0 Å². The molecular weight excluding hydrogens is 833 g/mol. The predicted molar refractivity (Wildman–Crippen MR) is 270 cm³/mol. The van der Waals surface area contributed by atoms with Crippen LogP contribution in [0.3, 0.4) is 0 Å². The molecule has 392 valence electrons. The van der Waals surface area contributed by atoms with E-state index in [9.17, 15) is 30.0 Å². The van der Waals surface area contributed by atoms with Crippen LogP contribution in [0.2, 0.25) is 0 Å². The van der Waals surface area contributed by atoms with Gasteiger partial charge < -0.3 is 39.4 Å². The maximum absolute atomic E-state index is 12.9. The third kappa shape index (κ3) is 37.6. The summed E-state index contributed by atoms with van der Waals surface area (Å²) >= 11 is 0. The third-order valence-corrected chi connectivity index (χ3v) is 13.7. The topological polar surface area (TPSA) is 152 Å². The van der Waals surface area contributed by atoms with E-state index in [0.29, 0.717) is 6.42 Å². The fraction of sp³-hybridized carbons (Fsp3) is 0.964. The molecule has 2 unspecified atom stereocenters. The molecule has 10 nitrogen and oxygen atoms in total. The van der Waals surface area contributed by atoms with Crippen LogP contribution in [0.5, 0.6) is 0 Å². The van der Waals surface area contributed by atoms with Crippen LogP contribution in [0.15, 0.2) is 0 Å². The first-order valence-electron chi connectivity index (χ1n) is 28.6. The molecule has 0 aromatic carbocycles. The molecule has 0 aliphatic carbocycles. The predicted octanol–water partition coefficient (Wildman–Crippen LogP) is 14.1. The van der Waals surface area contributed by atoms with Crippen LogP contribution in [0.4, 0.5) is 0 Å². The molecule has 1 fully saturated rings. The van der Waals surface area contributed by atoms with Crippen molar-refractivity contribution < 1.29 is 49.0 Å². The number of ether oxygens (including phenoxy) is 4. The van der Waals surface area contributed by atoms with Gasteiger partial charge in [-0.05, 0) is 12.8 Å². The lowest BCUT2D eigenvalue weighted by molar-refractivity contribution is -0.305. The molecule has 66 heavy (non-hydrogen) atoms. The summed E-state index contributed by atoms with van der Waals surface area (Å²) < 4.78 is 22.3. The van der Waals surface area contributed by atoms with Gasteiger partial charge in [0, 0.05) is 12.8 Å². The summed E-state index contributed by atoms with van der Waals surface area (Å²) in [6.07, 6.45) is 45.5. The Labute approximate surface area is 406 Å². The lowest BCUT2D eigenvalue weighted by atomic mass is 9.99. The Balaban J connectivity index is 2.18. The van der Waals surface area contributed by atoms with Gasteiger partial charge in [-0.3, -0.25) is 9.59 Å². The number of rotatable bonds is 50. The zero-order valence-corrected chi connectivity index (χ0v) is 43.2. The molecule has 0 radical (unpaired) electrons. The summed E-state index contributed by atoms with van der Waals surface area (Å²) in [6, 6.07) is 0. The number of aliphatic hydroxyl groups is 4. The standard InChI is InChI=1S/C56H108O10/c1-3-5-7-9-11-13-15-17-19-21-23-24-25-27-28-30-32-34-36-38-40-42-44-51(58)63-47-49(48-64-56-55(62)54(61)53(60)50(46-57)66-56)65-52(59)45-43-41-39-37-35-33-31-29-26-22-20-18-16-14-12-10-8-6-4-2/h49-50,53-57,60-62H,3-48H2,1-2H3/t49-,50-,53+,54?,55?,56-/m0/s1. The molecule has 0 amide bonds. The summed E-state index contributed by atoms with van der Waals surface area (Å²) in [5, 5.41) is 40.3. The van der Waals surface area contributed by atoms with Gasteiger partial charge in [0.15, 0.2) is 12.4 Å². The second-order valence-electron chi connectivity index (χ2n) is 20.1. The number of hydrogen-bond acceptors (Lipinski definition) is 10. The van der Waals surface area contributed by atoms with Gasteiger partial charge in [-0.1, -0.05) is 264 Å². The van der Waals surface area contributed by atoms with E-state index >= 15 is 0 Å². The van der Waals surface area contributed by atoms with Crippen molar-refractivity contribution in [3.05, 3.63) is 0 Å². The molecule has 0 spiro atoms. The summed E-state index contributed by atoms with van der Waals surface area (Å²) in [6.45, 7) is 3.50. The van der Waals surface area contributed by atoms with Gasteiger partial charge in [0.2, 0.25) is 0 Å². The van der Waals surface area contributed by atoms with E-state index in [1.54, 1.807) is 0 Å². The molecule has 1 rings (SSSR count). The van der Waals surface area contributed by atoms with E-state index in [-0.39, 0.29) is 32.0 Å². The van der Waals surface area contributed by atoms with Gasteiger partial charge in [0.05, 0.1) is 13.2 Å². The molecule has 1 aliphatic rings. The lowest BCUT2D eigenvalue weighted by Crippen LogP contribution is -2.59.